The molecule has 1 aromatic rings. The van der Waals surface area contributed by atoms with Crippen molar-refractivity contribution in [2.45, 2.75) is 6.92 Å². The van der Waals surface area contributed by atoms with E-state index in [-0.39, 0.29) is 11.0 Å². The van der Waals surface area contributed by atoms with Crippen molar-refractivity contribution in [3.63, 3.8) is 0 Å². The highest BCUT2D eigenvalue weighted by Gasteiger charge is 2.07. The average molecular weight is 239 g/mol. The van der Waals surface area contributed by atoms with Crippen LogP contribution in [0.1, 0.15) is 15.9 Å². The fourth-order valence-electron chi connectivity index (χ4n) is 1.15. The molecule has 0 radical (unpaired) electrons. The topological polar surface area (TPSA) is 76.4 Å². The number of hydrogen-bond acceptors (Lipinski definition) is 3. The van der Waals surface area contributed by atoms with Gasteiger partial charge in [0, 0.05) is 5.56 Å². The molecular formula is C10H13N3O2S. The van der Waals surface area contributed by atoms with Gasteiger partial charge in [-0.25, -0.2) is 0 Å². The van der Waals surface area contributed by atoms with Gasteiger partial charge in [0.25, 0.3) is 5.91 Å². The van der Waals surface area contributed by atoms with E-state index >= 15 is 0 Å². The van der Waals surface area contributed by atoms with E-state index in [1.165, 1.54) is 0 Å². The standard InChI is InChI=1S/C10H13N3O2S/c1-6-3-4-7(5-8(6)15-2)9(14)12-13-10(11)16/h3-5H,1-2H3,(H,12,14)(H3,11,13,16). The van der Waals surface area contributed by atoms with Crippen molar-refractivity contribution in [2.24, 2.45) is 5.73 Å². The number of benzene rings is 1. The van der Waals surface area contributed by atoms with Crippen LogP contribution in [0.4, 0.5) is 0 Å². The van der Waals surface area contributed by atoms with Crippen LogP contribution in [0.3, 0.4) is 0 Å². The molecule has 16 heavy (non-hydrogen) atoms. The van der Waals surface area contributed by atoms with Crippen molar-refractivity contribution in [2.75, 3.05) is 7.11 Å². The van der Waals surface area contributed by atoms with E-state index in [0.717, 1.165) is 5.56 Å². The predicted octanol–water partition coefficient (Wildman–Crippen LogP) is 0.482. The number of ether oxygens (including phenoxy) is 1. The molecule has 6 heteroatoms. The van der Waals surface area contributed by atoms with Gasteiger partial charge in [-0.2, -0.15) is 0 Å². The second kappa shape index (κ2) is 5.32. The van der Waals surface area contributed by atoms with Crippen molar-refractivity contribution < 1.29 is 9.53 Å². The maximum absolute atomic E-state index is 11.6. The molecule has 0 saturated carbocycles. The summed E-state index contributed by atoms with van der Waals surface area (Å²) in [6, 6.07) is 5.13. The van der Waals surface area contributed by atoms with E-state index in [1.54, 1.807) is 25.3 Å². The molecule has 0 fully saturated rings. The van der Waals surface area contributed by atoms with Crippen molar-refractivity contribution in [3.8, 4) is 5.75 Å². The summed E-state index contributed by atoms with van der Waals surface area (Å²) in [5.41, 5.74) is 11.3. The van der Waals surface area contributed by atoms with E-state index in [2.05, 4.69) is 23.1 Å². The smallest absolute Gasteiger partial charge is 0.269 e. The van der Waals surface area contributed by atoms with Gasteiger partial charge in [0.2, 0.25) is 0 Å². The van der Waals surface area contributed by atoms with Gasteiger partial charge in [0.15, 0.2) is 5.11 Å². The van der Waals surface area contributed by atoms with Gasteiger partial charge >= 0.3 is 0 Å². The lowest BCUT2D eigenvalue weighted by molar-refractivity contribution is 0.0943. The van der Waals surface area contributed by atoms with Crippen molar-refractivity contribution in [1.29, 1.82) is 0 Å². The van der Waals surface area contributed by atoms with Gasteiger partial charge in [0.1, 0.15) is 5.75 Å². The summed E-state index contributed by atoms with van der Waals surface area (Å²) in [6.45, 7) is 1.90. The van der Waals surface area contributed by atoms with Gasteiger partial charge in [-0.1, -0.05) is 6.07 Å². The summed E-state index contributed by atoms with van der Waals surface area (Å²) in [7, 11) is 1.55. The molecule has 0 atom stereocenters. The molecule has 0 aliphatic rings. The van der Waals surface area contributed by atoms with Crippen molar-refractivity contribution in [3.05, 3.63) is 29.3 Å². The Morgan fingerprint density at radius 3 is 2.69 bits per heavy atom. The highest BCUT2D eigenvalue weighted by atomic mass is 32.1. The minimum absolute atomic E-state index is 0.00688. The second-order valence-electron chi connectivity index (χ2n) is 3.13. The van der Waals surface area contributed by atoms with Gasteiger partial charge < -0.3 is 10.5 Å². The molecule has 5 nitrogen and oxygen atoms in total. The number of carbonyl (C=O) groups is 1. The number of hydrazine groups is 1. The molecule has 0 heterocycles. The van der Waals surface area contributed by atoms with Crippen LogP contribution in [-0.2, 0) is 0 Å². The van der Waals surface area contributed by atoms with E-state index in [0.29, 0.717) is 11.3 Å². The summed E-state index contributed by atoms with van der Waals surface area (Å²) in [4.78, 5) is 11.6. The minimum atomic E-state index is -0.328. The molecule has 0 spiro atoms. The number of thiocarbonyl (C=S) groups is 1. The first-order valence-corrected chi connectivity index (χ1v) is 4.96. The van der Waals surface area contributed by atoms with Crippen LogP contribution in [-0.4, -0.2) is 18.1 Å². The predicted molar refractivity (Wildman–Crippen MR) is 65.1 cm³/mol. The minimum Gasteiger partial charge on any atom is -0.496 e. The van der Waals surface area contributed by atoms with E-state index < -0.39 is 0 Å². The number of carbonyl (C=O) groups excluding carboxylic acids is 1. The van der Waals surface area contributed by atoms with Gasteiger partial charge in [-0.15, -0.1) is 0 Å². The number of hydrogen-bond donors (Lipinski definition) is 3. The van der Waals surface area contributed by atoms with E-state index in [9.17, 15) is 4.79 Å². The fourth-order valence-corrected chi connectivity index (χ4v) is 1.20. The fraction of sp³-hybridized carbons (Fsp3) is 0.200. The largest absolute Gasteiger partial charge is 0.496 e. The first-order chi connectivity index (χ1) is 7.54. The van der Waals surface area contributed by atoms with Crippen LogP contribution in [0.15, 0.2) is 18.2 Å². The summed E-state index contributed by atoms with van der Waals surface area (Å²) in [6.07, 6.45) is 0. The molecule has 4 N–H and O–H groups in total. The van der Waals surface area contributed by atoms with Crippen molar-refractivity contribution >= 4 is 23.2 Å². The monoisotopic (exact) mass is 239 g/mol. The van der Waals surface area contributed by atoms with Crippen molar-refractivity contribution in [1.82, 2.24) is 10.9 Å². The first kappa shape index (κ1) is 12.3. The zero-order valence-electron chi connectivity index (χ0n) is 9.03. The molecule has 1 amide bonds. The Labute approximate surface area is 98.9 Å². The first-order valence-electron chi connectivity index (χ1n) is 4.55. The normalized spacial score (nSPS) is 9.38. The summed E-state index contributed by atoms with van der Waals surface area (Å²) < 4.78 is 5.11. The SMILES string of the molecule is COc1cc(C(=O)NNC(N)=S)ccc1C. The molecule has 0 saturated heterocycles. The van der Waals surface area contributed by atoms with Gasteiger partial charge in [-0.3, -0.25) is 15.6 Å². The Hall–Kier alpha value is -1.82. The Bertz CT molecular complexity index is 421. The second-order valence-corrected chi connectivity index (χ2v) is 3.57. The Morgan fingerprint density at radius 2 is 2.12 bits per heavy atom. The number of nitrogens with one attached hydrogen (secondary N) is 2. The quantitative estimate of drug-likeness (QED) is 0.517. The number of aryl methyl sites for hydroxylation is 1. The maximum Gasteiger partial charge on any atom is 0.269 e. The van der Waals surface area contributed by atoms with E-state index in [1.807, 2.05) is 6.92 Å². The van der Waals surface area contributed by atoms with Crippen LogP contribution in [0.2, 0.25) is 0 Å². The molecule has 1 aromatic carbocycles. The molecule has 1 rings (SSSR count). The number of methoxy groups -OCH3 is 1. The highest BCUT2D eigenvalue weighted by Crippen LogP contribution is 2.18. The highest BCUT2D eigenvalue weighted by molar-refractivity contribution is 7.80. The van der Waals surface area contributed by atoms with Crippen LogP contribution in [0, 0.1) is 6.92 Å². The maximum atomic E-state index is 11.6. The number of amides is 1. The van der Waals surface area contributed by atoms with Crippen LogP contribution in [0.25, 0.3) is 0 Å². The van der Waals surface area contributed by atoms with Crippen LogP contribution in [0.5, 0.6) is 5.75 Å². The van der Waals surface area contributed by atoms with E-state index in [4.69, 9.17) is 10.5 Å². The third kappa shape index (κ3) is 3.09. The van der Waals surface area contributed by atoms with Crippen LogP contribution < -0.4 is 21.3 Å². The Balaban J connectivity index is 2.80. The average Bonchev–Trinajstić information content (AvgIpc) is 2.26. The zero-order valence-corrected chi connectivity index (χ0v) is 9.85. The number of rotatable bonds is 2. The lowest BCUT2D eigenvalue weighted by atomic mass is 10.1. The lowest BCUT2D eigenvalue weighted by Gasteiger charge is -2.09. The third-order valence-corrected chi connectivity index (χ3v) is 2.07. The molecule has 86 valence electrons. The number of nitrogens with two attached hydrogens (primary N) is 1. The molecule has 0 unspecified atom stereocenters. The van der Waals surface area contributed by atoms with Gasteiger partial charge in [-0.05, 0) is 36.8 Å². The summed E-state index contributed by atoms with van der Waals surface area (Å²) >= 11 is 4.56. The summed E-state index contributed by atoms with van der Waals surface area (Å²) in [5, 5.41) is 0.00688. The zero-order chi connectivity index (χ0) is 12.1. The Morgan fingerprint density at radius 1 is 1.44 bits per heavy atom. The molecular weight excluding hydrogens is 226 g/mol. The Kier molecular flexibility index (Phi) is 4.07. The molecule has 0 aliphatic carbocycles. The van der Waals surface area contributed by atoms with Gasteiger partial charge in [0.05, 0.1) is 7.11 Å². The lowest BCUT2D eigenvalue weighted by Crippen LogP contribution is -2.44. The molecule has 0 aliphatic heterocycles. The molecule has 0 bridgehead atoms. The molecule has 0 aromatic heterocycles. The third-order valence-electron chi connectivity index (χ3n) is 1.97. The summed E-state index contributed by atoms with van der Waals surface area (Å²) in [5.74, 6) is 0.328. The van der Waals surface area contributed by atoms with Crippen LogP contribution >= 0.6 is 12.2 Å².